The Morgan fingerprint density at radius 1 is 1.33 bits per heavy atom. The number of carbonyl (C=O) groups is 2. The van der Waals surface area contributed by atoms with E-state index in [1.165, 1.54) is 0 Å². The molecule has 0 atom stereocenters. The van der Waals surface area contributed by atoms with Crippen molar-refractivity contribution in [1.29, 1.82) is 0 Å². The quantitative estimate of drug-likeness (QED) is 0.826. The Balaban J connectivity index is 1.91. The third-order valence-corrected chi connectivity index (χ3v) is 3.92. The molecule has 1 heterocycles. The number of hydrogen-bond acceptors (Lipinski definition) is 4. The molecule has 0 aliphatic heterocycles. The number of amides is 1. The molecule has 1 aliphatic carbocycles. The molecule has 0 unspecified atom stereocenters. The van der Waals surface area contributed by atoms with Gasteiger partial charge in [0.1, 0.15) is 5.76 Å². The second-order valence-corrected chi connectivity index (χ2v) is 5.57. The van der Waals surface area contributed by atoms with Gasteiger partial charge in [-0.05, 0) is 25.0 Å². The lowest BCUT2D eigenvalue weighted by molar-refractivity contribution is -0.140. The summed E-state index contributed by atoms with van der Waals surface area (Å²) in [5.41, 5.74) is 0. The summed E-state index contributed by atoms with van der Waals surface area (Å²) in [5, 5.41) is 9.02. The zero-order valence-corrected chi connectivity index (χ0v) is 12.3. The van der Waals surface area contributed by atoms with E-state index in [0.29, 0.717) is 6.54 Å². The molecule has 1 saturated carbocycles. The van der Waals surface area contributed by atoms with Crippen molar-refractivity contribution in [3.05, 3.63) is 24.2 Å². The van der Waals surface area contributed by atoms with Crippen molar-refractivity contribution in [2.75, 3.05) is 20.1 Å². The van der Waals surface area contributed by atoms with Crippen LogP contribution < -0.4 is 0 Å². The molecule has 116 valence electrons. The molecule has 1 aromatic rings. The van der Waals surface area contributed by atoms with Gasteiger partial charge < -0.3 is 14.4 Å². The largest absolute Gasteiger partial charge is 0.480 e. The normalized spacial score (nSPS) is 15.5. The maximum absolute atomic E-state index is 12.3. The molecule has 21 heavy (non-hydrogen) atoms. The van der Waals surface area contributed by atoms with Gasteiger partial charge in [-0.3, -0.25) is 14.5 Å². The highest BCUT2D eigenvalue weighted by Gasteiger charge is 2.27. The number of likely N-dealkylation sites (N-methyl/N-ethyl adjacent to an activating group) is 1. The maximum Gasteiger partial charge on any atom is 0.317 e. The van der Waals surface area contributed by atoms with Crippen LogP contribution in [0.15, 0.2) is 22.8 Å². The fraction of sp³-hybridized carbons (Fsp3) is 0.600. The van der Waals surface area contributed by atoms with E-state index in [0.717, 1.165) is 31.4 Å². The predicted molar refractivity (Wildman–Crippen MR) is 76.6 cm³/mol. The van der Waals surface area contributed by atoms with Crippen LogP contribution >= 0.6 is 0 Å². The van der Waals surface area contributed by atoms with Gasteiger partial charge >= 0.3 is 5.97 Å². The van der Waals surface area contributed by atoms with Gasteiger partial charge in [-0.25, -0.2) is 0 Å². The number of nitrogens with zero attached hydrogens (tertiary/aromatic N) is 2. The van der Waals surface area contributed by atoms with Gasteiger partial charge in [-0.2, -0.15) is 0 Å². The third-order valence-electron chi connectivity index (χ3n) is 3.92. The van der Waals surface area contributed by atoms with Crippen LogP contribution in [0, 0.1) is 0 Å². The predicted octanol–water partition coefficient (Wildman–Crippen LogP) is 1.57. The Hall–Kier alpha value is -1.82. The molecule has 0 saturated heterocycles. The van der Waals surface area contributed by atoms with Gasteiger partial charge in [0.2, 0.25) is 5.91 Å². The minimum Gasteiger partial charge on any atom is -0.480 e. The van der Waals surface area contributed by atoms with Crippen molar-refractivity contribution >= 4 is 11.9 Å². The van der Waals surface area contributed by atoms with E-state index in [1.54, 1.807) is 29.2 Å². The average molecular weight is 294 g/mol. The monoisotopic (exact) mass is 294 g/mol. The Labute approximate surface area is 124 Å². The van der Waals surface area contributed by atoms with Crippen LogP contribution in [-0.2, 0) is 16.1 Å². The zero-order chi connectivity index (χ0) is 15.2. The minimum absolute atomic E-state index is 0.0784. The molecule has 1 amide bonds. The molecule has 6 nitrogen and oxygen atoms in total. The molecule has 0 bridgehead atoms. The topological polar surface area (TPSA) is 74.0 Å². The standard InChI is InChI=1S/C15H22N2O4/c1-16(9-13-7-4-8-21-13)14(18)10-17(11-15(19)20)12-5-2-3-6-12/h4,7-8,12H,2-3,5-6,9-11H2,1H3,(H,19,20). The molecule has 1 aliphatic rings. The highest BCUT2D eigenvalue weighted by Crippen LogP contribution is 2.23. The number of rotatable bonds is 7. The number of carbonyl (C=O) groups excluding carboxylic acids is 1. The summed E-state index contributed by atoms with van der Waals surface area (Å²) in [4.78, 5) is 26.6. The van der Waals surface area contributed by atoms with Crippen LogP contribution in [0.3, 0.4) is 0 Å². The van der Waals surface area contributed by atoms with Crippen LogP contribution in [0.1, 0.15) is 31.4 Å². The lowest BCUT2D eigenvalue weighted by Crippen LogP contribution is -2.44. The fourth-order valence-corrected chi connectivity index (χ4v) is 2.78. The van der Waals surface area contributed by atoms with Crippen molar-refractivity contribution in [3.8, 4) is 0 Å². The van der Waals surface area contributed by atoms with Crippen LogP contribution in [0.25, 0.3) is 0 Å². The molecule has 1 aromatic heterocycles. The summed E-state index contributed by atoms with van der Waals surface area (Å²) >= 11 is 0. The van der Waals surface area contributed by atoms with E-state index in [-0.39, 0.29) is 25.0 Å². The molecule has 0 aromatic carbocycles. The van der Waals surface area contributed by atoms with Crippen LogP contribution in [0.5, 0.6) is 0 Å². The average Bonchev–Trinajstić information content (AvgIpc) is 3.10. The summed E-state index contributed by atoms with van der Waals surface area (Å²) in [5.74, 6) is -0.251. The van der Waals surface area contributed by atoms with Crippen molar-refractivity contribution in [2.45, 2.75) is 38.3 Å². The smallest absolute Gasteiger partial charge is 0.317 e. The van der Waals surface area contributed by atoms with E-state index in [4.69, 9.17) is 9.52 Å². The Bertz CT molecular complexity index is 466. The van der Waals surface area contributed by atoms with Gasteiger partial charge in [-0.1, -0.05) is 12.8 Å². The molecule has 0 spiro atoms. The molecule has 0 radical (unpaired) electrons. The van der Waals surface area contributed by atoms with Gasteiger partial charge in [0, 0.05) is 13.1 Å². The molecule has 1 fully saturated rings. The molecule has 2 rings (SSSR count). The van der Waals surface area contributed by atoms with Crippen molar-refractivity contribution < 1.29 is 19.1 Å². The van der Waals surface area contributed by atoms with Crippen molar-refractivity contribution in [3.63, 3.8) is 0 Å². The highest BCUT2D eigenvalue weighted by atomic mass is 16.4. The first-order valence-electron chi connectivity index (χ1n) is 7.28. The second-order valence-electron chi connectivity index (χ2n) is 5.57. The van der Waals surface area contributed by atoms with Gasteiger partial charge in [0.15, 0.2) is 0 Å². The van der Waals surface area contributed by atoms with E-state index >= 15 is 0 Å². The number of carboxylic acid groups (broad SMARTS) is 1. The van der Waals surface area contributed by atoms with E-state index in [9.17, 15) is 9.59 Å². The Kier molecular flexibility index (Phi) is 5.38. The molecule has 1 N–H and O–H groups in total. The molecule has 6 heteroatoms. The SMILES string of the molecule is CN(Cc1ccco1)C(=O)CN(CC(=O)O)C1CCCC1. The number of hydrogen-bond donors (Lipinski definition) is 1. The Morgan fingerprint density at radius 2 is 2.05 bits per heavy atom. The maximum atomic E-state index is 12.3. The summed E-state index contributed by atoms with van der Waals surface area (Å²) in [6, 6.07) is 3.81. The van der Waals surface area contributed by atoms with E-state index in [2.05, 4.69) is 0 Å². The first kappa shape index (κ1) is 15.6. The molecular weight excluding hydrogens is 272 g/mol. The molecular formula is C15H22N2O4. The summed E-state index contributed by atoms with van der Waals surface area (Å²) in [6.07, 6.45) is 5.74. The summed E-state index contributed by atoms with van der Waals surface area (Å²) in [6.45, 7) is 0.469. The van der Waals surface area contributed by atoms with Crippen LogP contribution in [0.2, 0.25) is 0 Å². The van der Waals surface area contributed by atoms with E-state index in [1.807, 2.05) is 6.07 Å². The number of carboxylic acids is 1. The third kappa shape index (κ3) is 4.60. The van der Waals surface area contributed by atoms with Gasteiger partial charge in [0.05, 0.1) is 25.9 Å². The lowest BCUT2D eigenvalue weighted by Gasteiger charge is -2.28. The highest BCUT2D eigenvalue weighted by molar-refractivity contribution is 5.79. The first-order valence-corrected chi connectivity index (χ1v) is 7.28. The van der Waals surface area contributed by atoms with Crippen LogP contribution in [-0.4, -0.2) is 53.0 Å². The first-order chi connectivity index (χ1) is 10.1. The lowest BCUT2D eigenvalue weighted by atomic mass is 10.2. The summed E-state index contributed by atoms with van der Waals surface area (Å²) < 4.78 is 5.22. The van der Waals surface area contributed by atoms with Gasteiger partial charge in [0.25, 0.3) is 0 Å². The van der Waals surface area contributed by atoms with Crippen molar-refractivity contribution in [2.24, 2.45) is 0 Å². The van der Waals surface area contributed by atoms with Gasteiger partial charge in [-0.15, -0.1) is 0 Å². The second kappa shape index (κ2) is 7.26. The Morgan fingerprint density at radius 3 is 2.62 bits per heavy atom. The minimum atomic E-state index is -0.886. The van der Waals surface area contributed by atoms with Crippen LogP contribution in [0.4, 0.5) is 0 Å². The number of aliphatic carboxylic acids is 1. The van der Waals surface area contributed by atoms with E-state index < -0.39 is 5.97 Å². The summed E-state index contributed by atoms with van der Waals surface area (Å²) in [7, 11) is 1.71. The zero-order valence-electron chi connectivity index (χ0n) is 12.3. The number of furan rings is 1. The fourth-order valence-electron chi connectivity index (χ4n) is 2.78. The van der Waals surface area contributed by atoms with Crippen molar-refractivity contribution in [1.82, 2.24) is 9.80 Å².